The summed E-state index contributed by atoms with van der Waals surface area (Å²) >= 11 is 0. The number of anilines is 1. The van der Waals surface area contributed by atoms with Crippen molar-refractivity contribution in [2.45, 2.75) is 13.5 Å². The number of hydrogen-bond acceptors (Lipinski definition) is 3. The number of benzene rings is 1. The van der Waals surface area contributed by atoms with Crippen LogP contribution < -0.4 is 4.90 Å². The van der Waals surface area contributed by atoms with Crippen molar-refractivity contribution in [1.82, 2.24) is 9.55 Å². The second-order valence-corrected chi connectivity index (χ2v) is 4.73. The number of carbonyl (C=O) groups excluding carboxylic acids is 2. The van der Waals surface area contributed by atoms with Gasteiger partial charge < -0.3 is 9.47 Å². The van der Waals surface area contributed by atoms with Crippen molar-refractivity contribution in [3.63, 3.8) is 0 Å². The van der Waals surface area contributed by atoms with E-state index in [1.807, 2.05) is 0 Å². The lowest BCUT2D eigenvalue weighted by Gasteiger charge is -2.17. The Morgan fingerprint density at radius 2 is 2.05 bits per heavy atom. The van der Waals surface area contributed by atoms with Gasteiger partial charge in [0.2, 0.25) is 0 Å². The maximum Gasteiger partial charge on any atom is 0.299 e. The molecule has 2 heterocycles. The fourth-order valence-electron chi connectivity index (χ4n) is 2.37. The van der Waals surface area contributed by atoms with Gasteiger partial charge in [-0.2, -0.15) is 0 Å². The number of aromatic nitrogens is 2. The van der Waals surface area contributed by atoms with Crippen molar-refractivity contribution in [1.29, 1.82) is 0 Å². The van der Waals surface area contributed by atoms with Gasteiger partial charge in [0.25, 0.3) is 11.7 Å². The van der Waals surface area contributed by atoms with E-state index in [9.17, 15) is 14.0 Å². The molecule has 1 aromatic heterocycles. The molecule has 0 bridgehead atoms. The highest BCUT2D eigenvalue weighted by Gasteiger charge is 2.37. The summed E-state index contributed by atoms with van der Waals surface area (Å²) in [5, 5.41) is 0. The molecule has 0 N–H and O–H groups in total. The zero-order valence-electron chi connectivity index (χ0n) is 10.8. The highest BCUT2D eigenvalue weighted by Crippen LogP contribution is 2.32. The van der Waals surface area contributed by atoms with Crippen molar-refractivity contribution in [2.24, 2.45) is 0 Å². The number of hydrogen-bond donors (Lipinski definition) is 0. The number of halogens is 1. The minimum absolute atomic E-state index is 0.0886. The Kier molecular flexibility index (Phi) is 2.85. The maximum absolute atomic E-state index is 14.0. The zero-order chi connectivity index (χ0) is 14.3. The van der Waals surface area contributed by atoms with Gasteiger partial charge in [-0.1, -0.05) is 0 Å². The van der Waals surface area contributed by atoms with E-state index < -0.39 is 17.5 Å². The number of Topliss-reactive ketones (excluding diaryl/α,β-unsaturated/α-hetero) is 1. The summed E-state index contributed by atoms with van der Waals surface area (Å²) in [6, 6.07) is 2.88. The molecular formula is C14H12FN3O2. The number of fused-ring (bicyclic) bond motifs is 1. The van der Waals surface area contributed by atoms with Crippen molar-refractivity contribution >= 4 is 17.4 Å². The van der Waals surface area contributed by atoms with Crippen LogP contribution in [0.5, 0.6) is 0 Å². The molecule has 102 valence electrons. The van der Waals surface area contributed by atoms with Gasteiger partial charge in [-0.25, -0.2) is 9.37 Å². The molecule has 0 atom stereocenters. The van der Waals surface area contributed by atoms with Crippen LogP contribution in [0.1, 0.15) is 15.9 Å². The molecule has 2 aromatic rings. The van der Waals surface area contributed by atoms with Gasteiger partial charge in [0.1, 0.15) is 5.82 Å². The first-order chi connectivity index (χ1) is 9.58. The van der Waals surface area contributed by atoms with Crippen LogP contribution in [0.4, 0.5) is 10.1 Å². The van der Waals surface area contributed by atoms with Crippen molar-refractivity contribution in [2.75, 3.05) is 11.4 Å². The van der Waals surface area contributed by atoms with Crippen molar-refractivity contribution < 1.29 is 14.0 Å². The Hall–Kier alpha value is -2.50. The summed E-state index contributed by atoms with van der Waals surface area (Å²) in [5.41, 5.74) is 0.864. The van der Waals surface area contributed by atoms with Crippen LogP contribution in [-0.4, -0.2) is 27.8 Å². The average molecular weight is 273 g/mol. The lowest BCUT2D eigenvalue weighted by Crippen LogP contribution is -2.33. The van der Waals surface area contributed by atoms with Crippen LogP contribution in [0.15, 0.2) is 30.9 Å². The molecule has 5 nitrogen and oxygen atoms in total. The number of ketones is 1. The molecule has 1 amide bonds. The highest BCUT2D eigenvalue weighted by molar-refractivity contribution is 6.52. The Labute approximate surface area is 114 Å². The molecule has 6 heteroatoms. The van der Waals surface area contributed by atoms with Crippen LogP contribution in [0.25, 0.3) is 0 Å². The second kappa shape index (κ2) is 4.56. The first-order valence-electron chi connectivity index (χ1n) is 6.20. The normalized spacial score (nSPS) is 14.0. The van der Waals surface area contributed by atoms with Gasteiger partial charge in [-0.05, 0) is 24.6 Å². The highest BCUT2D eigenvalue weighted by atomic mass is 19.1. The molecule has 0 fully saturated rings. The average Bonchev–Trinajstić information content (AvgIpc) is 2.98. The van der Waals surface area contributed by atoms with E-state index in [1.165, 1.54) is 11.0 Å². The third-order valence-corrected chi connectivity index (χ3v) is 3.30. The van der Waals surface area contributed by atoms with E-state index in [4.69, 9.17) is 0 Å². The molecule has 1 aromatic carbocycles. The van der Waals surface area contributed by atoms with Gasteiger partial charge in [0.15, 0.2) is 0 Å². The smallest absolute Gasteiger partial charge is 0.299 e. The summed E-state index contributed by atoms with van der Waals surface area (Å²) in [6.45, 7) is 2.37. The molecule has 0 saturated heterocycles. The number of amides is 1. The number of carbonyl (C=O) groups is 2. The quantitative estimate of drug-likeness (QED) is 0.797. The number of aryl methyl sites for hydroxylation is 1. The summed E-state index contributed by atoms with van der Waals surface area (Å²) in [4.78, 5) is 29.0. The minimum Gasteiger partial charge on any atom is -0.336 e. The fraction of sp³-hybridized carbons (Fsp3) is 0.214. The largest absolute Gasteiger partial charge is 0.336 e. The van der Waals surface area contributed by atoms with Crippen LogP contribution in [0.2, 0.25) is 0 Å². The van der Waals surface area contributed by atoms with E-state index in [1.54, 1.807) is 36.3 Å². The number of rotatable bonds is 3. The van der Waals surface area contributed by atoms with Crippen LogP contribution in [0, 0.1) is 12.7 Å². The molecule has 3 rings (SSSR count). The van der Waals surface area contributed by atoms with E-state index in [2.05, 4.69) is 4.98 Å². The van der Waals surface area contributed by atoms with Crippen molar-refractivity contribution in [3.05, 3.63) is 47.8 Å². The van der Waals surface area contributed by atoms with Gasteiger partial charge in [-0.15, -0.1) is 0 Å². The Bertz CT molecular complexity index is 695. The molecule has 0 saturated carbocycles. The molecule has 20 heavy (non-hydrogen) atoms. The summed E-state index contributed by atoms with van der Waals surface area (Å²) in [5.74, 6) is -1.86. The summed E-state index contributed by atoms with van der Waals surface area (Å²) in [6.07, 6.45) is 4.97. The van der Waals surface area contributed by atoms with Gasteiger partial charge in [0.05, 0.1) is 17.6 Å². The van der Waals surface area contributed by atoms with E-state index in [0.717, 1.165) is 0 Å². The first kappa shape index (κ1) is 12.5. The van der Waals surface area contributed by atoms with E-state index >= 15 is 0 Å². The molecule has 0 spiro atoms. The summed E-state index contributed by atoms with van der Waals surface area (Å²) in [7, 11) is 0. The van der Waals surface area contributed by atoms with Crippen LogP contribution >= 0.6 is 0 Å². The fourth-order valence-corrected chi connectivity index (χ4v) is 2.37. The molecule has 0 aliphatic carbocycles. The molecule has 0 unspecified atom stereocenters. The predicted octanol–water partition coefficient (Wildman–Crippen LogP) is 1.56. The lowest BCUT2D eigenvalue weighted by molar-refractivity contribution is -0.114. The Balaban J connectivity index is 1.93. The topological polar surface area (TPSA) is 55.2 Å². The lowest BCUT2D eigenvalue weighted by atomic mass is 10.1. The van der Waals surface area contributed by atoms with Crippen molar-refractivity contribution in [3.8, 4) is 0 Å². The minimum atomic E-state index is -0.676. The van der Waals surface area contributed by atoms with Crippen LogP contribution in [-0.2, 0) is 11.3 Å². The molecule has 1 aliphatic heterocycles. The third kappa shape index (κ3) is 1.89. The molecule has 1 aliphatic rings. The van der Waals surface area contributed by atoms with E-state index in [-0.39, 0.29) is 17.8 Å². The van der Waals surface area contributed by atoms with E-state index in [0.29, 0.717) is 12.1 Å². The molecular weight excluding hydrogens is 261 g/mol. The standard InChI is InChI=1S/C14H12FN3O2/c1-9-6-10-12(11(15)7-9)18(14(20)13(10)19)5-4-17-3-2-16-8-17/h2-3,6-8H,4-5H2,1H3. The predicted molar refractivity (Wildman–Crippen MR) is 70.0 cm³/mol. The Morgan fingerprint density at radius 1 is 1.25 bits per heavy atom. The number of imidazole rings is 1. The first-order valence-corrected chi connectivity index (χ1v) is 6.20. The van der Waals surface area contributed by atoms with Crippen LogP contribution in [0.3, 0.4) is 0 Å². The number of nitrogens with zero attached hydrogens (tertiary/aromatic N) is 3. The third-order valence-electron chi connectivity index (χ3n) is 3.30. The Morgan fingerprint density at radius 3 is 2.75 bits per heavy atom. The monoisotopic (exact) mass is 273 g/mol. The summed E-state index contributed by atoms with van der Waals surface area (Å²) < 4.78 is 15.8. The van der Waals surface area contributed by atoms with Gasteiger partial charge in [-0.3, -0.25) is 9.59 Å². The molecule has 0 radical (unpaired) electrons. The van der Waals surface area contributed by atoms with Gasteiger partial charge in [0, 0.05) is 25.5 Å². The SMILES string of the molecule is Cc1cc(F)c2c(c1)C(=O)C(=O)N2CCn1ccnc1. The maximum atomic E-state index is 14.0. The second-order valence-electron chi connectivity index (χ2n) is 4.73. The van der Waals surface area contributed by atoms with Gasteiger partial charge >= 0.3 is 0 Å². The zero-order valence-corrected chi connectivity index (χ0v) is 10.8.